The molecule has 1 saturated carbocycles. The minimum absolute atomic E-state index is 0.0302. The predicted molar refractivity (Wildman–Crippen MR) is 225 cm³/mol. The highest BCUT2D eigenvalue weighted by Crippen LogP contribution is 2.58. The minimum atomic E-state index is -4.45. The quantitative estimate of drug-likeness (QED) is 0.0914. The molecule has 318 valence electrons. The lowest BCUT2D eigenvalue weighted by molar-refractivity contribution is -0.149. The zero-order valence-electron chi connectivity index (χ0n) is 34.0. The number of thiophene rings is 1. The number of amides is 3. The molecular formula is C44H51FN5O8PS. The SMILES string of the molecule is CCCOC(=O)[C@H](C)NP(=O)(Oc1ccccc1)C(F)c1ccc2sc(C(=O)N[C@H]3C[C@@H]4C[C@@H]4C[C@H]4CC[C@@H](C(=O)N5CC(c6cnccc6OCC)C5)N4C3=O)cc2c1. The summed E-state index contributed by atoms with van der Waals surface area (Å²) in [7, 11) is -4.45. The second-order valence-corrected chi connectivity index (χ2v) is 19.5. The van der Waals surface area contributed by atoms with Crippen molar-refractivity contribution in [3.63, 3.8) is 0 Å². The first-order valence-electron chi connectivity index (χ1n) is 20.9. The maximum Gasteiger partial charge on any atom is 0.355 e. The third-order valence-corrected chi connectivity index (χ3v) is 15.3. The highest BCUT2D eigenvalue weighted by molar-refractivity contribution is 7.57. The standard InChI is InChI=1S/C44H51FN5O8PS/c1-4-17-57-44(54)26(3)48-59(55,58-33-9-7-6-8-10-33)40(45)27-11-14-38-30(18-27)22-39(60-38)41(51)47-35-21-29-19-28(29)20-32-12-13-36(50(32)42(35)52)43(53)49-24-31(25-49)34-23-46-16-15-37(34)56-5-2/h6-11,14-16,18,22-23,26,28-29,31-32,35-36,40H,4-5,12-13,17,19-21,24-25H2,1-3H3,(H,47,51)(H,48,55)/t26-,28+,29-,32+,35-,36-,40?,59?/m0/s1. The van der Waals surface area contributed by atoms with E-state index in [0.29, 0.717) is 65.8 Å². The molecule has 4 aromatic rings. The smallest absolute Gasteiger partial charge is 0.355 e. The van der Waals surface area contributed by atoms with Crippen LogP contribution in [0.25, 0.3) is 10.1 Å². The van der Waals surface area contributed by atoms with Crippen molar-refractivity contribution in [3.05, 3.63) is 89.1 Å². The Kier molecular flexibility index (Phi) is 12.3. The molecule has 2 unspecified atom stereocenters. The normalized spacial score (nSPS) is 24.5. The van der Waals surface area contributed by atoms with E-state index in [1.54, 1.807) is 59.8 Å². The average Bonchev–Trinajstić information content (AvgIpc) is 3.57. The number of carbonyl (C=O) groups excluding carboxylic acids is 4. The number of hydrogen-bond acceptors (Lipinski definition) is 10. The third kappa shape index (κ3) is 8.67. The molecule has 1 aliphatic carbocycles. The first-order valence-corrected chi connectivity index (χ1v) is 23.4. The fraction of sp³-hybridized carbons (Fsp3) is 0.477. The van der Waals surface area contributed by atoms with Crippen LogP contribution in [0.1, 0.15) is 91.9 Å². The lowest BCUT2D eigenvalue weighted by Crippen LogP contribution is -2.59. The molecule has 3 saturated heterocycles. The molecule has 60 heavy (non-hydrogen) atoms. The van der Waals surface area contributed by atoms with E-state index in [1.807, 2.05) is 24.8 Å². The first kappa shape index (κ1) is 41.9. The Morgan fingerprint density at radius 1 is 1.02 bits per heavy atom. The number of benzene rings is 2. The minimum Gasteiger partial charge on any atom is -0.493 e. The van der Waals surface area contributed by atoms with Gasteiger partial charge in [-0.15, -0.1) is 11.3 Å². The van der Waals surface area contributed by atoms with Gasteiger partial charge >= 0.3 is 13.5 Å². The Labute approximate surface area is 352 Å². The van der Waals surface area contributed by atoms with Crippen molar-refractivity contribution in [2.45, 2.75) is 95.3 Å². The Balaban J connectivity index is 0.969. The summed E-state index contributed by atoms with van der Waals surface area (Å²) >= 11 is 1.20. The summed E-state index contributed by atoms with van der Waals surface area (Å²) < 4.78 is 48.3. The molecule has 3 amide bonds. The first-order chi connectivity index (χ1) is 29.0. The van der Waals surface area contributed by atoms with Gasteiger partial charge in [0, 0.05) is 47.7 Å². The van der Waals surface area contributed by atoms with Crippen LogP contribution in [-0.2, 0) is 23.7 Å². The monoisotopic (exact) mass is 859 g/mol. The van der Waals surface area contributed by atoms with Crippen molar-refractivity contribution >= 4 is 52.6 Å². The van der Waals surface area contributed by atoms with Crippen LogP contribution in [-0.4, -0.2) is 88.9 Å². The van der Waals surface area contributed by atoms with Gasteiger partial charge in [-0.25, -0.2) is 9.48 Å². The van der Waals surface area contributed by atoms with Gasteiger partial charge < -0.3 is 29.1 Å². The predicted octanol–water partition coefficient (Wildman–Crippen LogP) is 7.38. The second kappa shape index (κ2) is 17.6. The van der Waals surface area contributed by atoms with Crippen LogP contribution >= 0.6 is 18.9 Å². The fourth-order valence-electron chi connectivity index (χ4n) is 8.86. The number of hydrogen-bond donors (Lipinski definition) is 2. The van der Waals surface area contributed by atoms with Crippen molar-refractivity contribution in [2.24, 2.45) is 11.8 Å². The summed E-state index contributed by atoms with van der Waals surface area (Å²) in [5.74, 6) is -1.78. The maximum atomic E-state index is 16.6. The van der Waals surface area contributed by atoms with E-state index >= 15 is 4.39 Å². The molecule has 3 aliphatic heterocycles. The van der Waals surface area contributed by atoms with Crippen LogP contribution in [0.4, 0.5) is 4.39 Å². The topological polar surface area (TPSA) is 156 Å². The number of fused-ring (bicyclic) bond motifs is 3. The number of nitrogens with one attached hydrogen (secondary N) is 2. The number of alkyl halides is 1. The molecular weight excluding hydrogens is 809 g/mol. The number of aromatic nitrogens is 1. The number of halogens is 1. The highest BCUT2D eigenvalue weighted by Gasteiger charge is 2.52. The van der Waals surface area contributed by atoms with E-state index in [1.165, 1.54) is 30.4 Å². The van der Waals surface area contributed by atoms with Gasteiger partial charge in [0.15, 0.2) is 0 Å². The maximum absolute atomic E-state index is 16.6. The molecule has 16 heteroatoms. The fourth-order valence-corrected chi connectivity index (χ4v) is 11.7. The van der Waals surface area contributed by atoms with E-state index in [0.717, 1.165) is 30.6 Å². The van der Waals surface area contributed by atoms with Gasteiger partial charge in [-0.3, -0.25) is 28.7 Å². The highest BCUT2D eigenvalue weighted by atomic mass is 32.1. The molecule has 0 radical (unpaired) electrons. The van der Waals surface area contributed by atoms with Gasteiger partial charge in [-0.2, -0.15) is 0 Å². The van der Waals surface area contributed by atoms with Gasteiger partial charge in [0.05, 0.1) is 18.1 Å². The van der Waals surface area contributed by atoms with Gasteiger partial charge in [-0.1, -0.05) is 31.2 Å². The van der Waals surface area contributed by atoms with Gasteiger partial charge in [0.25, 0.3) is 5.91 Å². The summed E-state index contributed by atoms with van der Waals surface area (Å²) in [6.07, 6.45) is 7.77. The molecule has 4 aliphatic rings. The summed E-state index contributed by atoms with van der Waals surface area (Å²) in [4.78, 5) is 63.2. The number of nitrogens with zero attached hydrogens (tertiary/aromatic N) is 3. The van der Waals surface area contributed by atoms with E-state index in [2.05, 4.69) is 15.4 Å². The average molecular weight is 860 g/mol. The van der Waals surface area contributed by atoms with Crippen molar-refractivity contribution in [1.82, 2.24) is 25.2 Å². The van der Waals surface area contributed by atoms with E-state index in [4.69, 9.17) is 14.0 Å². The van der Waals surface area contributed by atoms with Crippen LogP contribution < -0.4 is 19.7 Å². The number of para-hydroxylation sites is 1. The molecule has 5 heterocycles. The van der Waals surface area contributed by atoms with Crippen molar-refractivity contribution < 1.29 is 42.1 Å². The van der Waals surface area contributed by atoms with Crippen LogP contribution in [0, 0.1) is 11.8 Å². The summed E-state index contributed by atoms with van der Waals surface area (Å²) in [6.45, 7) is 6.96. The van der Waals surface area contributed by atoms with Gasteiger partial charge in [0.1, 0.15) is 29.6 Å². The number of pyridine rings is 1. The van der Waals surface area contributed by atoms with Gasteiger partial charge in [0.2, 0.25) is 17.7 Å². The molecule has 4 fully saturated rings. The van der Waals surface area contributed by atoms with Crippen LogP contribution in [0.15, 0.2) is 73.1 Å². The van der Waals surface area contributed by atoms with Crippen LogP contribution in [0.5, 0.6) is 11.5 Å². The molecule has 2 N–H and O–H groups in total. The van der Waals surface area contributed by atoms with Gasteiger partial charge in [-0.05, 0) is 112 Å². The molecule has 8 atom stereocenters. The molecule has 0 bridgehead atoms. The molecule has 0 spiro atoms. The largest absolute Gasteiger partial charge is 0.493 e. The number of rotatable bonds is 15. The summed E-state index contributed by atoms with van der Waals surface area (Å²) in [5.41, 5.74) is 1.01. The molecule has 8 rings (SSSR count). The Morgan fingerprint density at radius 2 is 1.80 bits per heavy atom. The summed E-state index contributed by atoms with van der Waals surface area (Å²) in [5, 5.41) is 6.16. The Morgan fingerprint density at radius 3 is 2.57 bits per heavy atom. The Hall–Kier alpha value is -4.85. The van der Waals surface area contributed by atoms with Crippen molar-refractivity contribution in [2.75, 3.05) is 26.3 Å². The number of carbonyl (C=O) groups is 4. The van der Waals surface area contributed by atoms with Crippen LogP contribution in [0.3, 0.4) is 0 Å². The van der Waals surface area contributed by atoms with E-state index in [-0.39, 0.29) is 41.7 Å². The second-order valence-electron chi connectivity index (χ2n) is 16.3. The van der Waals surface area contributed by atoms with Crippen molar-refractivity contribution in [3.8, 4) is 11.5 Å². The zero-order chi connectivity index (χ0) is 42.1. The number of ether oxygens (including phenoxy) is 2. The number of likely N-dealkylation sites (tertiary alicyclic amines) is 1. The van der Waals surface area contributed by atoms with Crippen molar-refractivity contribution in [1.29, 1.82) is 0 Å². The van der Waals surface area contributed by atoms with E-state index in [9.17, 15) is 23.7 Å². The molecule has 2 aromatic carbocycles. The molecule has 13 nitrogen and oxygen atoms in total. The van der Waals surface area contributed by atoms with Crippen LogP contribution in [0.2, 0.25) is 0 Å². The number of esters is 1. The lowest BCUT2D eigenvalue weighted by Gasteiger charge is -2.43. The van der Waals surface area contributed by atoms with E-state index < -0.39 is 43.4 Å². The third-order valence-electron chi connectivity index (χ3n) is 12.1. The molecule has 2 aromatic heterocycles. The summed E-state index contributed by atoms with van der Waals surface area (Å²) in [6, 6.07) is 13.7. The zero-order valence-corrected chi connectivity index (χ0v) is 35.7. The Bertz CT molecular complexity index is 2290. The lowest BCUT2D eigenvalue weighted by atomic mass is 9.91.